The van der Waals surface area contributed by atoms with Crippen LogP contribution in [0.3, 0.4) is 0 Å². The van der Waals surface area contributed by atoms with E-state index in [0.29, 0.717) is 13.1 Å². The van der Waals surface area contributed by atoms with E-state index in [2.05, 4.69) is 9.88 Å². The molecule has 0 spiro atoms. The van der Waals surface area contributed by atoms with E-state index in [-0.39, 0.29) is 22.1 Å². The van der Waals surface area contributed by atoms with Crippen LogP contribution in [-0.2, 0) is 10.0 Å². The van der Waals surface area contributed by atoms with Crippen molar-refractivity contribution in [3.05, 3.63) is 23.5 Å². The van der Waals surface area contributed by atoms with Crippen LogP contribution in [0.15, 0.2) is 23.2 Å². The minimum absolute atomic E-state index is 0.0294. The molecule has 2 rings (SSSR count). The number of aromatic nitrogens is 1. The summed E-state index contributed by atoms with van der Waals surface area (Å²) in [6.45, 7) is 4.97. The summed E-state index contributed by atoms with van der Waals surface area (Å²) in [6, 6.07) is 3.43. The van der Waals surface area contributed by atoms with Crippen molar-refractivity contribution >= 4 is 21.6 Å². The van der Waals surface area contributed by atoms with Crippen LogP contribution < -0.4 is 0 Å². The van der Waals surface area contributed by atoms with E-state index in [9.17, 15) is 8.42 Å². The highest BCUT2D eigenvalue weighted by Gasteiger charge is 2.35. The Balaban J connectivity index is 2.34. The molecule has 0 bridgehead atoms. The fourth-order valence-electron chi connectivity index (χ4n) is 2.25. The summed E-state index contributed by atoms with van der Waals surface area (Å²) in [5, 5.41) is 0.0294. The first-order valence-electron chi connectivity index (χ1n) is 6.16. The Morgan fingerprint density at radius 3 is 2.42 bits per heavy atom. The summed E-state index contributed by atoms with van der Waals surface area (Å²) in [4.78, 5) is 6.10. The first-order chi connectivity index (χ1) is 8.84. The van der Waals surface area contributed by atoms with Crippen molar-refractivity contribution in [2.75, 3.05) is 20.1 Å². The Hall–Kier alpha value is -0.690. The second-order valence-corrected chi connectivity index (χ2v) is 7.24. The summed E-state index contributed by atoms with van der Waals surface area (Å²) in [6.07, 6.45) is 1.48. The molecule has 0 saturated carbocycles. The smallest absolute Gasteiger partial charge is 0.246 e. The molecule has 2 unspecified atom stereocenters. The van der Waals surface area contributed by atoms with Gasteiger partial charge in [-0.25, -0.2) is 13.4 Å². The summed E-state index contributed by atoms with van der Waals surface area (Å²) in [5.74, 6) is 0. The van der Waals surface area contributed by atoms with Gasteiger partial charge < -0.3 is 0 Å². The molecule has 106 valence electrons. The molecule has 2 atom stereocenters. The van der Waals surface area contributed by atoms with Crippen LogP contribution in [0.4, 0.5) is 0 Å². The van der Waals surface area contributed by atoms with Crippen LogP contribution in [0, 0.1) is 0 Å². The van der Waals surface area contributed by atoms with Gasteiger partial charge in [0.15, 0.2) is 0 Å². The average Bonchev–Trinajstić information content (AvgIpc) is 2.35. The summed E-state index contributed by atoms with van der Waals surface area (Å²) in [7, 11) is -1.56. The van der Waals surface area contributed by atoms with Crippen molar-refractivity contribution in [1.29, 1.82) is 0 Å². The van der Waals surface area contributed by atoms with Crippen LogP contribution in [0.2, 0.25) is 5.15 Å². The lowest BCUT2D eigenvalue weighted by molar-refractivity contribution is 0.105. The van der Waals surface area contributed by atoms with Gasteiger partial charge >= 0.3 is 0 Å². The number of rotatable bonds is 2. The number of likely N-dealkylation sites (N-methyl/N-ethyl adjacent to an activating group) is 1. The molecule has 1 fully saturated rings. The van der Waals surface area contributed by atoms with Gasteiger partial charge in [-0.15, -0.1) is 0 Å². The average molecular weight is 304 g/mol. The van der Waals surface area contributed by atoms with Crippen LogP contribution in [-0.4, -0.2) is 54.8 Å². The zero-order valence-electron chi connectivity index (χ0n) is 11.2. The third-order valence-electron chi connectivity index (χ3n) is 3.67. The van der Waals surface area contributed by atoms with Gasteiger partial charge in [0.1, 0.15) is 10.0 Å². The molecule has 1 aromatic heterocycles. The number of halogens is 1. The van der Waals surface area contributed by atoms with Gasteiger partial charge in [-0.3, -0.25) is 4.90 Å². The lowest BCUT2D eigenvalue weighted by Gasteiger charge is -2.41. The third-order valence-corrected chi connectivity index (χ3v) is 5.95. The highest BCUT2D eigenvalue weighted by atomic mass is 35.5. The molecule has 0 N–H and O–H groups in total. The maximum atomic E-state index is 12.6. The lowest BCUT2D eigenvalue weighted by atomic mass is 10.1. The van der Waals surface area contributed by atoms with Gasteiger partial charge in [0.2, 0.25) is 10.0 Å². The van der Waals surface area contributed by atoms with Crippen molar-refractivity contribution in [2.45, 2.75) is 30.8 Å². The van der Waals surface area contributed by atoms with E-state index in [0.717, 1.165) is 0 Å². The first kappa shape index (κ1) is 14.7. The summed E-state index contributed by atoms with van der Waals surface area (Å²) >= 11 is 5.90. The zero-order chi connectivity index (χ0) is 14.2. The van der Waals surface area contributed by atoms with E-state index in [1.165, 1.54) is 16.6 Å². The molecular weight excluding hydrogens is 286 g/mol. The van der Waals surface area contributed by atoms with Gasteiger partial charge in [0.25, 0.3) is 0 Å². The number of sulfonamides is 1. The number of piperazine rings is 1. The Kier molecular flexibility index (Phi) is 4.15. The molecular formula is C12H18ClN3O2S. The molecule has 0 aliphatic carbocycles. The molecule has 2 heterocycles. The van der Waals surface area contributed by atoms with Gasteiger partial charge in [-0.1, -0.05) is 11.6 Å². The van der Waals surface area contributed by atoms with E-state index in [4.69, 9.17) is 11.6 Å². The van der Waals surface area contributed by atoms with Gasteiger partial charge in [0.05, 0.1) is 0 Å². The predicted octanol–water partition coefficient (Wildman–Crippen LogP) is 1.45. The molecule has 1 aliphatic heterocycles. The fraction of sp³-hybridized carbons (Fsp3) is 0.583. The molecule has 1 saturated heterocycles. The van der Waals surface area contributed by atoms with Gasteiger partial charge in [0, 0.05) is 31.4 Å². The van der Waals surface area contributed by atoms with Gasteiger partial charge in [-0.05, 0) is 33.0 Å². The third kappa shape index (κ3) is 2.76. The molecule has 19 heavy (non-hydrogen) atoms. The normalized spacial score (nSPS) is 26.5. The van der Waals surface area contributed by atoms with Crippen molar-refractivity contribution in [1.82, 2.24) is 14.2 Å². The van der Waals surface area contributed by atoms with E-state index < -0.39 is 10.0 Å². The standard InChI is InChI=1S/C12H18ClN3O2S/c1-9-7-16(8-10(2)15(9)3)19(17,18)11-5-4-6-14-12(11)13/h4-6,9-10H,7-8H2,1-3H3. The Labute approximate surface area is 119 Å². The second-order valence-electron chi connectivity index (χ2n) is 4.98. The summed E-state index contributed by atoms with van der Waals surface area (Å²) in [5.41, 5.74) is 0. The number of hydrogen-bond acceptors (Lipinski definition) is 4. The van der Waals surface area contributed by atoms with Crippen LogP contribution in [0.1, 0.15) is 13.8 Å². The van der Waals surface area contributed by atoms with Crippen LogP contribution in [0.25, 0.3) is 0 Å². The molecule has 7 heteroatoms. The maximum Gasteiger partial charge on any atom is 0.246 e. The quantitative estimate of drug-likeness (QED) is 0.776. The minimum atomic E-state index is -3.57. The second kappa shape index (κ2) is 5.36. The summed E-state index contributed by atoms with van der Waals surface area (Å²) < 4.78 is 26.7. The molecule has 0 aromatic carbocycles. The Morgan fingerprint density at radius 2 is 1.89 bits per heavy atom. The predicted molar refractivity (Wildman–Crippen MR) is 74.7 cm³/mol. The van der Waals surface area contributed by atoms with Crippen molar-refractivity contribution in [2.24, 2.45) is 0 Å². The molecule has 0 radical (unpaired) electrons. The molecule has 5 nitrogen and oxygen atoms in total. The van der Waals surface area contributed by atoms with Crippen LogP contribution in [0.5, 0.6) is 0 Å². The van der Waals surface area contributed by atoms with Crippen LogP contribution >= 0.6 is 11.6 Å². The first-order valence-corrected chi connectivity index (χ1v) is 7.98. The van der Waals surface area contributed by atoms with Gasteiger partial charge in [-0.2, -0.15) is 4.31 Å². The Morgan fingerprint density at radius 1 is 1.32 bits per heavy atom. The van der Waals surface area contributed by atoms with E-state index in [1.54, 1.807) is 6.07 Å². The highest BCUT2D eigenvalue weighted by Crippen LogP contribution is 2.25. The SMILES string of the molecule is CC1CN(S(=O)(=O)c2cccnc2Cl)CC(C)N1C. The number of nitrogens with zero attached hydrogens (tertiary/aromatic N) is 3. The largest absolute Gasteiger partial charge is 0.298 e. The van der Waals surface area contributed by atoms with E-state index >= 15 is 0 Å². The van der Waals surface area contributed by atoms with Crippen molar-refractivity contribution in [3.8, 4) is 0 Å². The minimum Gasteiger partial charge on any atom is -0.298 e. The zero-order valence-corrected chi connectivity index (χ0v) is 12.8. The topological polar surface area (TPSA) is 53.5 Å². The number of hydrogen-bond donors (Lipinski definition) is 0. The molecule has 0 amide bonds. The van der Waals surface area contributed by atoms with Crippen molar-refractivity contribution < 1.29 is 8.42 Å². The monoisotopic (exact) mass is 303 g/mol. The Bertz CT molecular complexity index is 552. The lowest BCUT2D eigenvalue weighted by Crippen LogP contribution is -2.56. The number of pyridine rings is 1. The molecule has 1 aromatic rings. The van der Waals surface area contributed by atoms with Crippen molar-refractivity contribution in [3.63, 3.8) is 0 Å². The maximum absolute atomic E-state index is 12.6. The highest BCUT2D eigenvalue weighted by molar-refractivity contribution is 7.89. The van der Waals surface area contributed by atoms with E-state index in [1.807, 2.05) is 20.9 Å². The molecule has 1 aliphatic rings. The fourth-order valence-corrected chi connectivity index (χ4v) is 4.29.